The lowest BCUT2D eigenvalue weighted by Gasteiger charge is -2.02. The van der Waals surface area contributed by atoms with Gasteiger partial charge in [0.2, 0.25) is 5.28 Å². The third-order valence-corrected chi connectivity index (χ3v) is 3.43. The minimum atomic E-state index is -0.519. The third kappa shape index (κ3) is 2.38. The largest absolute Gasteiger partial charge is 0.317 e. The number of nitro groups is 1. The lowest BCUT2D eigenvalue weighted by Crippen LogP contribution is -2.00. The zero-order valence-corrected chi connectivity index (χ0v) is 10.8. The van der Waals surface area contributed by atoms with E-state index in [0.29, 0.717) is 9.21 Å². The number of nitrogens with zero attached hydrogens (tertiary/aromatic N) is 3. The minimum Gasteiger partial charge on any atom is -0.258 e. The van der Waals surface area contributed by atoms with Crippen LogP contribution in [0.5, 0.6) is 0 Å². The molecule has 0 N–H and O–H groups in total. The van der Waals surface area contributed by atoms with Crippen molar-refractivity contribution in [1.82, 2.24) is 9.97 Å². The maximum absolute atomic E-state index is 11.0. The van der Waals surface area contributed by atoms with Crippen molar-refractivity contribution >= 4 is 40.2 Å². The van der Waals surface area contributed by atoms with Gasteiger partial charge in [-0.25, -0.2) is 9.97 Å². The summed E-state index contributed by atoms with van der Waals surface area (Å²) in [4.78, 5) is 18.7. The molecular formula is C9H5Cl2N3O2S. The van der Waals surface area contributed by atoms with E-state index in [1.807, 2.05) is 0 Å². The zero-order valence-electron chi connectivity index (χ0n) is 8.48. The van der Waals surface area contributed by atoms with Crippen LogP contribution in [0, 0.1) is 17.0 Å². The fourth-order valence-electron chi connectivity index (χ4n) is 1.36. The predicted molar refractivity (Wildman–Crippen MR) is 66.8 cm³/mol. The second-order valence-electron chi connectivity index (χ2n) is 3.14. The molecule has 8 heteroatoms. The van der Waals surface area contributed by atoms with Crippen LogP contribution < -0.4 is 0 Å². The SMILES string of the molecule is Cc1nc(Cl)nc(-c2ccc(Cl)s2)c1[N+](=O)[O-]. The molecule has 0 bridgehead atoms. The van der Waals surface area contributed by atoms with E-state index in [0.717, 1.165) is 0 Å². The van der Waals surface area contributed by atoms with Gasteiger partial charge in [-0.1, -0.05) is 11.6 Å². The topological polar surface area (TPSA) is 68.9 Å². The summed E-state index contributed by atoms with van der Waals surface area (Å²) in [6, 6.07) is 3.31. The smallest absolute Gasteiger partial charge is 0.258 e. The Morgan fingerprint density at radius 1 is 1.35 bits per heavy atom. The van der Waals surface area contributed by atoms with Crippen molar-refractivity contribution in [2.24, 2.45) is 0 Å². The number of aryl methyl sites for hydroxylation is 1. The van der Waals surface area contributed by atoms with Crippen molar-refractivity contribution in [1.29, 1.82) is 0 Å². The van der Waals surface area contributed by atoms with Gasteiger partial charge in [0.15, 0.2) is 5.69 Å². The molecule has 0 aromatic carbocycles. The molecule has 17 heavy (non-hydrogen) atoms. The first kappa shape index (κ1) is 12.2. The van der Waals surface area contributed by atoms with Crippen molar-refractivity contribution in [2.75, 3.05) is 0 Å². The molecule has 0 atom stereocenters. The molecule has 2 heterocycles. The molecular weight excluding hydrogens is 285 g/mol. The van der Waals surface area contributed by atoms with Crippen molar-refractivity contribution in [3.8, 4) is 10.6 Å². The van der Waals surface area contributed by atoms with E-state index < -0.39 is 4.92 Å². The highest BCUT2D eigenvalue weighted by Crippen LogP contribution is 2.36. The molecule has 0 fully saturated rings. The highest BCUT2D eigenvalue weighted by Gasteiger charge is 2.23. The first-order valence-corrected chi connectivity index (χ1v) is 6.00. The Balaban J connectivity index is 2.71. The zero-order chi connectivity index (χ0) is 12.6. The van der Waals surface area contributed by atoms with Crippen LogP contribution in [-0.4, -0.2) is 14.9 Å². The number of aromatic nitrogens is 2. The highest BCUT2D eigenvalue weighted by molar-refractivity contribution is 7.19. The Labute approximate surface area is 110 Å². The Bertz CT molecular complexity index is 600. The molecule has 0 aliphatic carbocycles. The van der Waals surface area contributed by atoms with Crippen LogP contribution in [-0.2, 0) is 0 Å². The molecule has 0 radical (unpaired) electrons. The molecule has 0 spiro atoms. The van der Waals surface area contributed by atoms with Crippen molar-refractivity contribution in [3.05, 3.63) is 37.6 Å². The van der Waals surface area contributed by atoms with Crippen LogP contribution in [0.4, 0.5) is 5.69 Å². The molecule has 5 nitrogen and oxygen atoms in total. The van der Waals surface area contributed by atoms with Crippen LogP contribution in [0.15, 0.2) is 12.1 Å². The Kier molecular flexibility index (Phi) is 3.28. The van der Waals surface area contributed by atoms with Crippen LogP contribution in [0.25, 0.3) is 10.6 Å². The average molecular weight is 290 g/mol. The summed E-state index contributed by atoms with van der Waals surface area (Å²) in [6.45, 7) is 1.52. The number of hydrogen-bond donors (Lipinski definition) is 0. The molecule has 0 aliphatic heterocycles. The van der Waals surface area contributed by atoms with E-state index in [1.54, 1.807) is 12.1 Å². The normalized spacial score (nSPS) is 10.5. The molecule has 2 aromatic heterocycles. The van der Waals surface area contributed by atoms with Gasteiger partial charge in [0, 0.05) is 0 Å². The number of rotatable bonds is 2. The fourth-order valence-corrected chi connectivity index (χ4v) is 2.61. The summed E-state index contributed by atoms with van der Waals surface area (Å²) < 4.78 is 0.529. The van der Waals surface area contributed by atoms with Crippen molar-refractivity contribution < 1.29 is 4.92 Å². The molecule has 0 amide bonds. The summed E-state index contributed by atoms with van der Waals surface area (Å²) >= 11 is 12.7. The molecule has 2 rings (SSSR count). The molecule has 0 aliphatic rings. The van der Waals surface area contributed by atoms with E-state index in [9.17, 15) is 10.1 Å². The highest BCUT2D eigenvalue weighted by atomic mass is 35.5. The molecule has 0 unspecified atom stereocenters. The summed E-state index contributed by atoms with van der Waals surface area (Å²) in [5, 5.41) is 11.0. The second kappa shape index (κ2) is 4.56. The van der Waals surface area contributed by atoms with Gasteiger partial charge in [-0.2, -0.15) is 0 Å². The monoisotopic (exact) mass is 289 g/mol. The minimum absolute atomic E-state index is 0.0207. The quantitative estimate of drug-likeness (QED) is 0.480. The van der Waals surface area contributed by atoms with Crippen molar-refractivity contribution in [3.63, 3.8) is 0 Å². The maximum Gasteiger partial charge on any atom is 0.317 e. The Morgan fingerprint density at radius 2 is 2.06 bits per heavy atom. The molecule has 0 saturated heterocycles. The molecule has 88 valence electrons. The Hall–Kier alpha value is -1.24. The Morgan fingerprint density at radius 3 is 2.59 bits per heavy atom. The van der Waals surface area contributed by atoms with Crippen LogP contribution in [0.3, 0.4) is 0 Å². The van der Waals surface area contributed by atoms with Gasteiger partial charge in [-0.3, -0.25) is 10.1 Å². The fraction of sp³-hybridized carbons (Fsp3) is 0.111. The van der Waals surface area contributed by atoms with Gasteiger partial charge in [0.25, 0.3) is 0 Å². The first-order chi connectivity index (χ1) is 7.99. The van der Waals surface area contributed by atoms with E-state index in [1.165, 1.54) is 18.3 Å². The second-order valence-corrected chi connectivity index (χ2v) is 5.19. The standard InChI is InChI=1S/C9H5Cl2N3O2S/c1-4-8(14(15)16)7(13-9(11)12-4)5-2-3-6(10)17-5/h2-3H,1H3. The lowest BCUT2D eigenvalue weighted by molar-refractivity contribution is -0.385. The average Bonchev–Trinajstić information content (AvgIpc) is 2.62. The summed E-state index contributed by atoms with van der Waals surface area (Å²) in [5.41, 5.74) is 0.284. The van der Waals surface area contributed by atoms with E-state index in [-0.39, 0.29) is 22.4 Å². The predicted octanol–water partition coefficient (Wildman–Crippen LogP) is 3.73. The van der Waals surface area contributed by atoms with Gasteiger partial charge in [0.1, 0.15) is 5.69 Å². The number of hydrogen-bond acceptors (Lipinski definition) is 5. The van der Waals surface area contributed by atoms with Gasteiger partial charge in [-0.05, 0) is 30.7 Å². The summed E-state index contributed by atoms with van der Waals surface area (Å²) in [6.07, 6.45) is 0. The third-order valence-electron chi connectivity index (χ3n) is 2.02. The van der Waals surface area contributed by atoms with Crippen LogP contribution in [0.1, 0.15) is 5.69 Å². The first-order valence-electron chi connectivity index (χ1n) is 4.43. The van der Waals surface area contributed by atoms with E-state index >= 15 is 0 Å². The van der Waals surface area contributed by atoms with Crippen LogP contribution in [0.2, 0.25) is 9.62 Å². The van der Waals surface area contributed by atoms with Crippen molar-refractivity contribution in [2.45, 2.75) is 6.92 Å². The van der Waals surface area contributed by atoms with Gasteiger partial charge in [0.05, 0.1) is 14.1 Å². The van der Waals surface area contributed by atoms with E-state index in [2.05, 4.69) is 9.97 Å². The van der Waals surface area contributed by atoms with Gasteiger partial charge >= 0.3 is 5.69 Å². The lowest BCUT2D eigenvalue weighted by atomic mass is 10.2. The summed E-state index contributed by atoms with van der Waals surface area (Å²) in [7, 11) is 0. The van der Waals surface area contributed by atoms with E-state index in [4.69, 9.17) is 23.2 Å². The number of thiophene rings is 1. The maximum atomic E-state index is 11.0. The van der Waals surface area contributed by atoms with Gasteiger partial charge < -0.3 is 0 Å². The van der Waals surface area contributed by atoms with Crippen LogP contribution >= 0.6 is 34.5 Å². The molecule has 0 saturated carbocycles. The van der Waals surface area contributed by atoms with Gasteiger partial charge in [-0.15, -0.1) is 11.3 Å². The number of halogens is 2. The summed E-state index contributed by atoms with van der Waals surface area (Å²) in [5.74, 6) is 0. The molecule has 2 aromatic rings.